The molecule has 0 radical (unpaired) electrons. The molecule has 1 heterocycles. The summed E-state index contributed by atoms with van der Waals surface area (Å²) in [5, 5.41) is 0. The van der Waals surface area contributed by atoms with Crippen molar-refractivity contribution in [3.8, 4) is 0 Å². The van der Waals surface area contributed by atoms with E-state index in [0.29, 0.717) is 23.2 Å². The van der Waals surface area contributed by atoms with E-state index in [-0.39, 0.29) is 5.91 Å². The number of carbonyl (C=O) groups is 1. The summed E-state index contributed by atoms with van der Waals surface area (Å²) in [6.45, 7) is 7.16. The van der Waals surface area contributed by atoms with Gasteiger partial charge in [0.1, 0.15) is 0 Å². The Kier molecular flexibility index (Phi) is 3.60. The zero-order valence-electron chi connectivity index (χ0n) is 11.4. The van der Waals surface area contributed by atoms with Crippen LogP contribution in [-0.2, 0) is 0 Å². The average Bonchev–Trinajstić information content (AvgIpc) is 2.77. The zero-order valence-corrected chi connectivity index (χ0v) is 11.4. The highest BCUT2D eigenvalue weighted by molar-refractivity contribution is 6.00. The lowest BCUT2D eigenvalue weighted by Gasteiger charge is -2.28. The Morgan fingerprint density at radius 3 is 2.78 bits per heavy atom. The molecule has 1 saturated heterocycles. The maximum atomic E-state index is 12.6. The number of carbonyl (C=O) groups excluding carboxylic acids is 1. The van der Waals surface area contributed by atoms with Crippen molar-refractivity contribution in [2.24, 2.45) is 5.92 Å². The minimum atomic E-state index is 0.0989. The first kappa shape index (κ1) is 12.9. The quantitative estimate of drug-likeness (QED) is 0.816. The van der Waals surface area contributed by atoms with Gasteiger partial charge in [0.15, 0.2) is 0 Å². The van der Waals surface area contributed by atoms with Crippen LogP contribution >= 0.6 is 0 Å². The Bertz CT molecular complexity index is 434. The van der Waals surface area contributed by atoms with E-state index in [1.165, 1.54) is 0 Å². The van der Waals surface area contributed by atoms with Crippen molar-refractivity contribution >= 4 is 11.6 Å². The lowest BCUT2D eigenvalue weighted by molar-refractivity contribution is 0.0702. The van der Waals surface area contributed by atoms with Crippen molar-refractivity contribution in [2.75, 3.05) is 12.3 Å². The minimum Gasteiger partial charge on any atom is -0.398 e. The summed E-state index contributed by atoms with van der Waals surface area (Å²) in [7, 11) is 0. The highest BCUT2D eigenvalue weighted by Gasteiger charge is 2.32. The van der Waals surface area contributed by atoms with E-state index in [0.717, 1.165) is 24.9 Å². The topological polar surface area (TPSA) is 46.3 Å². The molecule has 1 aromatic carbocycles. The number of benzene rings is 1. The maximum absolute atomic E-state index is 12.6. The summed E-state index contributed by atoms with van der Waals surface area (Å²) in [6, 6.07) is 6.01. The van der Waals surface area contributed by atoms with Gasteiger partial charge in [0.05, 0.1) is 5.56 Å². The summed E-state index contributed by atoms with van der Waals surface area (Å²) < 4.78 is 0. The molecule has 1 amide bonds. The first-order chi connectivity index (χ1) is 8.52. The van der Waals surface area contributed by atoms with E-state index < -0.39 is 0 Å². The van der Waals surface area contributed by atoms with E-state index in [4.69, 9.17) is 5.73 Å². The van der Waals surface area contributed by atoms with Gasteiger partial charge in [-0.1, -0.05) is 26.0 Å². The van der Waals surface area contributed by atoms with Gasteiger partial charge in [0.2, 0.25) is 0 Å². The monoisotopic (exact) mass is 246 g/mol. The number of anilines is 1. The van der Waals surface area contributed by atoms with Crippen LogP contribution in [0.2, 0.25) is 0 Å². The second-order valence-corrected chi connectivity index (χ2v) is 5.49. The molecule has 18 heavy (non-hydrogen) atoms. The zero-order chi connectivity index (χ0) is 13.3. The first-order valence-electron chi connectivity index (χ1n) is 6.68. The molecule has 98 valence electrons. The number of hydrogen-bond donors (Lipinski definition) is 1. The standard InChI is InChI=1S/C15H22N2O/c1-10(2)13-8-5-9-17(13)15(18)14-11(3)6-4-7-12(14)16/h4,6-7,10,13H,5,8-9,16H2,1-3H3. The highest BCUT2D eigenvalue weighted by atomic mass is 16.2. The largest absolute Gasteiger partial charge is 0.398 e. The van der Waals surface area contributed by atoms with Gasteiger partial charge < -0.3 is 10.6 Å². The molecule has 1 aliphatic heterocycles. The molecule has 1 unspecified atom stereocenters. The minimum absolute atomic E-state index is 0.0989. The van der Waals surface area contributed by atoms with E-state index >= 15 is 0 Å². The maximum Gasteiger partial charge on any atom is 0.256 e. The molecule has 3 nitrogen and oxygen atoms in total. The highest BCUT2D eigenvalue weighted by Crippen LogP contribution is 2.28. The SMILES string of the molecule is Cc1cccc(N)c1C(=O)N1CCCC1C(C)C. The van der Waals surface area contributed by atoms with Crippen molar-refractivity contribution in [3.63, 3.8) is 0 Å². The van der Waals surface area contributed by atoms with Gasteiger partial charge in [-0.3, -0.25) is 4.79 Å². The summed E-state index contributed by atoms with van der Waals surface area (Å²) in [5.74, 6) is 0.600. The third-order valence-corrected chi connectivity index (χ3v) is 3.85. The molecular formula is C15H22N2O. The number of amides is 1. The molecule has 0 aliphatic carbocycles. The van der Waals surface area contributed by atoms with Crippen LogP contribution in [0.3, 0.4) is 0 Å². The Labute approximate surface area is 109 Å². The van der Waals surface area contributed by atoms with Crippen LogP contribution in [0.1, 0.15) is 42.6 Å². The van der Waals surface area contributed by atoms with Crippen LogP contribution in [0.15, 0.2) is 18.2 Å². The van der Waals surface area contributed by atoms with Crippen molar-refractivity contribution in [1.82, 2.24) is 4.90 Å². The van der Waals surface area contributed by atoms with Crippen LogP contribution < -0.4 is 5.73 Å². The number of aryl methyl sites for hydroxylation is 1. The van der Waals surface area contributed by atoms with E-state index in [1.54, 1.807) is 6.07 Å². The molecule has 1 aliphatic rings. The predicted octanol–water partition coefficient (Wildman–Crippen LogP) is 2.84. The van der Waals surface area contributed by atoms with Crippen LogP contribution in [-0.4, -0.2) is 23.4 Å². The average molecular weight is 246 g/mol. The normalized spacial score (nSPS) is 19.6. The molecule has 2 N–H and O–H groups in total. The fourth-order valence-corrected chi connectivity index (χ4v) is 2.86. The Morgan fingerprint density at radius 1 is 1.44 bits per heavy atom. The Morgan fingerprint density at radius 2 is 2.17 bits per heavy atom. The van der Waals surface area contributed by atoms with Gasteiger partial charge >= 0.3 is 0 Å². The fourth-order valence-electron chi connectivity index (χ4n) is 2.86. The molecule has 2 rings (SSSR count). The molecular weight excluding hydrogens is 224 g/mol. The molecule has 1 atom stereocenters. The third kappa shape index (κ3) is 2.22. The van der Waals surface area contributed by atoms with Gasteiger partial charge in [-0.25, -0.2) is 0 Å². The van der Waals surface area contributed by atoms with Gasteiger partial charge in [-0.05, 0) is 37.3 Å². The number of likely N-dealkylation sites (tertiary alicyclic amines) is 1. The smallest absolute Gasteiger partial charge is 0.256 e. The predicted molar refractivity (Wildman–Crippen MR) is 74.5 cm³/mol. The summed E-state index contributed by atoms with van der Waals surface area (Å²) in [5.41, 5.74) is 8.21. The van der Waals surface area contributed by atoms with Crippen molar-refractivity contribution in [2.45, 2.75) is 39.7 Å². The lowest BCUT2D eigenvalue weighted by Crippen LogP contribution is -2.39. The number of rotatable bonds is 2. The number of nitrogens with two attached hydrogens (primary N) is 1. The molecule has 1 aromatic rings. The number of nitrogens with zero attached hydrogens (tertiary/aromatic N) is 1. The lowest BCUT2D eigenvalue weighted by atomic mass is 10.00. The summed E-state index contributed by atoms with van der Waals surface area (Å²) in [6.07, 6.45) is 2.20. The molecule has 3 heteroatoms. The molecule has 0 aromatic heterocycles. The van der Waals surface area contributed by atoms with Crippen LogP contribution in [0.5, 0.6) is 0 Å². The van der Waals surface area contributed by atoms with E-state index in [1.807, 2.05) is 24.0 Å². The van der Waals surface area contributed by atoms with Crippen molar-refractivity contribution in [1.29, 1.82) is 0 Å². The van der Waals surface area contributed by atoms with Crippen molar-refractivity contribution in [3.05, 3.63) is 29.3 Å². The Balaban J connectivity index is 2.31. The molecule has 0 bridgehead atoms. The van der Waals surface area contributed by atoms with Gasteiger partial charge in [0, 0.05) is 18.3 Å². The van der Waals surface area contributed by atoms with Gasteiger partial charge in [-0.2, -0.15) is 0 Å². The fraction of sp³-hybridized carbons (Fsp3) is 0.533. The van der Waals surface area contributed by atoms with E-state index in [9.17, 15) is 4.79 Å². The second kappa shape index (κ2) is 5.01. The Hall–Kier alpha value is -1.51. The van der Waals surface area contributed by atoms with E-state index in [2.05, 4.69) is 13.8 Å². The number of hydrogen-bond acceptors (Lipinski definition) is 2. The third-order valence-electron chi connectivity index (χ3n) is 3.85. The molecule has 0 saturated carbocycles. The molecule has 1 fully saturated rings. The van der Waals surface area contributed by atoms with Gasteiger partial charge in [0.25, 0.3) is 5.91 Å². The van der Waals surface area contributed by atoms with Crippen LogP contribution in [0, 0.1) is 12.8 Å². The van der Waals surface area contributed by atoms with Gasteiger partial charge in [-0.15, -0.1) is 0 Å². The summed E-state index contributed by atoms with van der Waals surface area (Å²) >= 11 is 0. The first-order valence-corrected chi connectivity index (χ1v) is 6.68. The van der Waals surface area contributed by atoms with Crippen LogP contribution in [0.4, 0.5) is 5.69 Å². The summed E-state index contributed by atoms with van der Waals surface area (Å²) in [4.78, 5) is 14.7. The molecule has 0 spiro atoms. The van der Waals surface area contributed by atoms with Crippen molar-refractivity contribution < 1.29 is 4.79 Å². The number of nitrogen functional groups attached to an aromatic ring is 1. The van der Waals surface area contributed by atoms with Crippen LogP contribution in [0.25, 0.3) is 0 Å². The second-order valence-electron chi connectivity index (χ2n) is 5.49.